The van der Waals surface area contributed by atoms with Crippen LogP contribution in [0.1, 0.15) is 25.6 Å². The van der Waals surface area contributed by atoms with E-state index in [0.29, 0.717) is 5.15 Å². The van der Waals surface area contributed by atoms with Gasteiger partial charge in [0, 0.05) is 22.6 Å². The van der Waals surface area contributed by atoms with Crippen molar-refractivity contribution in [2.45, 2.75) is 24.7 Å². The molecule has 19 heavy (non-hydrogen) atoms. The van der Waals surface area contributed by atoms with Gasteiger partial charge in [0.2, 0.25) is 0 Å². The number of halogens is 1. The van der Waals surface area contributed by atoms with E-state index in [1.165, 1.54) is 4.90 Å². The largest absolute Gasteiger partial charge is 0.340 e. The summed E-state index contributed by atoms with van der Waals surface area (Å²) in [5.41, 5.74) is 0.988. The maximum absolute atomic E-state index is 6.01. The lowest BCUT2D eigenvalue weighted by Gasteiger charge is -2.10. The van der Waals surface area contributed by atoms with Gasteiger partial charge in [0.1, 0.15) is 16.8 Å². The third-order valence-corrected chi connectivity index (χ3v) is 3.53. The van der Waals surface area contributed by atoms with Crippen LogP contribution in [0.4, 0.5) is 11.5 Å². The summed E-state index contributed by atoms with van der Waals surface area (Å²) in [4.78, 5) is 9.90. The van der Waals surface area contributed by atoms with E-state index >= 15 is 0 Å². The second-order valence-corrected chi connectivity index (χ2v) is 5.71. The van der Waals surface area contributed by atoms with Crippen LogP contribution in [0.5, 0.6) is 0 Å². The fourth-order valence-corrected chi connectivity index (χ4v) is 2.18. The van der Waals surface area contributed by atoms with Crippen molar-refractivity contribution in [3.8, 4) is 0 Å². The Hall–Kier alpha value is -1.26. The van der Waals surface area contributed by atoms with Crippen molar-refractivity contribution in [1.29, 1.82) is 0 Å². The molecule has 0 saturated heterocycles. The van der Waals surface area contributed by atoms with Crippen LogP contribution < -0.4 is 5.32 Å². The highest BCUT2D eigenvalue weighted by Crippen LogP contribution is 2.22. The van der Waals surface area contributed by atoms with Gasteiger partial charge in [-0.3, -0.25) is 0 Å². The quantitative estimate of drug-likeness (QED) is 0.654. The van der Waals surface area contributed by atoms with E-state index < -0.39 is 0 Å². The highest BCUT2D eigenvalue weighted by atomic mass is 35.5. The van der Waals surface area contributed by atoms with Crippen molar-refractivity contribution in [2.24, 2.45) is 0 Å². The van der Waals surface area contributed by atoms with Crippen molar-refractivity contribution >= 4 is 34.9 Å². The number of thioether (sulfide) groups is 1. The molecule has 1 aromatic carbocycles. The van der Waals surface area contributed by atoms with E-state index in [-0.39, 0.29) is 5.92 Å². The maximum Gasteiger partial charge on any atom is 0.135 e. The van der Waals surface area contributed by atoms with E-state index in [9.17, 15) is 0 Å². The van der Waals surface area contributed by atoms with Gasteiger partial charge in [0.05, 0.1) is 0 Å². The molecular weight excluding hydrogens is 278 g/mol. The predicted octanol–water partition coefficient (Wildman–Crippen LogP) is 4.72. The van der Waals surface area contributed by atoms with Gasteiger partial charge >= 0.3 is 0 Å². The van der Waals surface area contributed by atoms with E-state index in [0.717, 1.165) is 17.3 Å². The molecule has 0 saturated carbocycles. The fourth-order valence-electron chi connectivity index (χ4n) is 1.58. The minimum Gasteiger partial charge on any atom is -0.340 e. The van der Waals surface area contributed by atoms with Crippen molar-refractivity contribution in [3.05, 3.63) is 41.3 Å². The van der Waals surface area contributed by atoms with Gasteiger partial charge in [0.15, 0.2) is 0 Å². The molecule has 5 heteroatoms. The number of benzene rings is 1. The monoisotopic (exact) mass is 293 g/mol. The first-order chi connectivity index (χ1) is 9.08. The number of rotatable bonds is 4. The topological polar surface area (TPSA) is 37.8 Å². The Balaban J connectivity index is 2.22. The SMILES string of the molecule is CSc1ccc(Nc2cc(Cl)nc(C(C)C)n2)cc1. The molecule has 0 atom stereocenters. The molecule has 1 heterocycles. The first-order valence-corrected chi connectivity index (χ1v) is 7.64. The van der Waals surface area contributed by atoms with Crippen LogP contribution in [-0.2, 0) is 0 Å². The molecule has 1 aromatic heterocycles. The number of hydrogen-bond donors (Lipinski definition) is 1. The van der Waals surface area contributed by atoms with Gasteiger partial charge in [-0.25, -0.2) is 9.97 Å². The van der Waals surface area contributed by atoms with E-state index in [1.54, 1.807) is 17.8 Å². The van der Waals surface area contributed by atoms with E-state index in [2.05, 4.69) is 33.7 Å². The molecule has 2 rings (SSSR count). The van der Waals surface area contributed by atoms with Crippen LogP contribution in [0.3, 0.4) is 0 Å². The lowest BCUT2D eigenvalue weighted by Crippen LogP contribution is -2.02. The fraction of sp³-hybridized carbons (Fsp3) is 0.286. The zero-order valence-electron chi connectivity index (χ0n) is 11.1. The molecule has 1 N–H and O–H groups in total. The number of aromatic nitrogens is 2. The highest BCUT2D eigenvalue weighted by Gasteiger charge is 2.07. The molecule has 0 spiro atoms. The lowest BCUT2D eigenvalue weighted by molar-refractivity contribution is 0.776. The summed E-state index contributed by atoms with van der Waals surface area (Å²) >= 11 is 7.73. The molecule has 3 nitrogen and oxygen atoms in total. The third kappa shape index (κ3) is 3.85. The molecule has 100 valence electrons. The average molecular weight is 294 g/mol. The molecule has 0 radical (unpaired) electrons. The summed E-state index contributed by atoms with van der Waals surface area (Å²) in [6.07, 6.45) is 2.06. The summed E-state index contributed by atoms with van der Waals surface area (Å²) in [6, 6.07) is 9.92. The molecule has 0 fully saturated rings. The Bertz CT molecular complexity index is 555. The number of hydrogen-bond acceptors (Lipinski definition) is 4. The summed E-state index contributed by atoms with van der Waals surface area (Å²) in [5, 5.41) is 3.71. The second kappa shape index (κ2) is 6.26. The number of anilines is 2. The van der Waals surface area contributed by atoms with E-state index in [1.807, 2.05) is 26.0 Å². The molecule has 0 aliphatic heterocycles. The third-order valence-electron chi connectivity index (χ3n) is 2.59. The highest BCUT2D eigenvalue weighted by molar-refractivity contribution is 7.98. The van der Waals surface area contributed by atoms with E-state index in [4.69, 9.17) is 11.6 Å². The molecule has 2 aromatic rings. The van der Waals surface area contributed by atoms with Crippen molar-refractivity contribution in [2.75, 3.05) is 11.6 Å². The van der Waals surface area contributed by atoms with Crippen LogP contribution in [-0.4, -0.2) is 16.2 Å². The van der Waals surface area contributed by atoms with Crippen molar-refractivity contribution < 1.29 is 0 Å². The summed E-state index contributed by atoms with van der Waals surface area (Å²) in [7, 11) is 0. The smallest absolute Gasteiger partial charge is 0.135 e. The van der Waals surface area contributed by atoms with Crippen molar-refractivity contribution in [1.82, 2.24) is 9.97 Å². The Morgan fingerprint density at radius 1 is 1.16 bits per heavy atom. The standard InChI is InChI=1S/C14H16ClN3S/c1-9(2)14-17-12(15)8-13(18-14)16-10-4-6-11(19-3)7-5-10/h4-9H,1-3H3,(H,16,17,18). The Kier molecular flexibility index (Phi) is 4.66. The number of nitrogens with one attached hydrogen (secondary N) is 1. The van der Waals surface area contributed by atoms with Crippen LogP contribution in [0.25, 0.3) is 0 Å². The zero-order valence-corrected chi connectivity index (χ0v) is 12.7. The molecule has 0 aliphatic rings. The molecule has 0 amide bonds. The first-order valence-electron chi connectivity index (χ1n) is 6.04. The Morgan fingerprint density at radius 3 is 2.42 bits per heavy atom. The molecular formula is C14H16ClN3S. The predicted molar refractivity (Wildman–Crippen MR) is 82.6 cm³/mol. The molecule has 0 bridgehead atoms. The summed E-state index contributed by atoms with van der Waals surface area (Å²) < 4.78 is 0. The Morgan fingerprint density at radius 2 is 1.84 bits per heavy atom. The summed E-state index contributed by atoms with van der Waals surface area (Å²) in [6.45, 7) is 4.09. The normalized spacial score (nSPS) is 10.8. The molecule has 0 aliphatic carbocycles. The van der Waals surface area contributed by atoms with Gasteiger partial charge in [0.25, 0.3) is 0 Å². The van der Waals surface area contributed by atoms with Gasteiger partial charge in [-0.05, 0) is 30.5 Å². The van der Waals surface area contributed by atoms with Gasteiger partial charge in [-0.2, -0.15) is 0 Å². The van der Waals surface area contributed by atoms with Crippen molar-refractivity contribution in [3.63, 3.8) is 0 Å². The van der Waals surface area contributed by atoms with Crippen LogP contribution in [0.2, 0.25) is 5.15 Å². The number of nitrogens with zero attached hydrogens (tertiary/aromatic N) is 2. The van der Waals surface area contributed by atoms with Gasteiger partial charge in [-0.1, -0.05) is 25.4 Å². The van der Waals surface area contributed by atoms with Gasteiger partial charge in [-0.15, -0.1) is 11.8 Å². The minimum atomic E-state index is 0.248. The average Bonchev–Trinajstić information content (AvgIpc) is 2.39. The Labute approximate surface area is 122 Å². The summed E-state index contributed by atoms with van der Waals surface area (Å²) in [5.74, 6) is 1.72. The van der Waals surface area contributed by atoms with Gasteiger partial charge < -0.3 is 5.32 Å². The maximum atomic E-state index is 6.01. The zero-order chi connectivity index (χ0) is 13.8. The lowest BCUT2D eigenvalue weighted by atomic mass is 10.2. The first kappa shape index (κ1) is 14.2. The van der Waals surface area contributed by atoms with Crippen LogP contribution in [0, 0.1) is 0 Å². The second-order valence-electron chi connectivity index (χ2n) is 4.44. The molecule has 0 unspecified atom stereocenters. The minimum absolute atomic E-state index is 0.248. The van der Waals surface area contributed by atoms with Crippen LogP contribution >= 0.6 is 23.4 Å². The van der Waals surface area contributed by atoms with Crippen LogP contribution in [0.15, 0.2) is 35.2 Å².